The first-order chi connectivity index (χ1) is 12.6. The van der Waals surface area contributed by atoms with Gasteiger partial charge in [0.25, 0.3) is 0 Å². The fourth-order valence-electron chi connectivity index (χ4n) is 2.38. The molecule has 27 heavy (non-hydrogen) atoms. The van der Waals surface area contributed by atoms with Crippen molar-refractivity contribution in [2.24, 2.45) is 8.88 Å². The number of rotatable bonds is 5. The maximum absolute atomic E-state index is 13.2. The van der Waals surface area contributed by atoms with Gasteiger partial charge in [0.15, 0.2) is 0 Å². The molecule has 0 bridgehead atoms. The number of nitrogens with one attached hydrogen (secondary N) is 2. The Balaban J connectivity index is 1.72. The molecule has 1 heterocycles. The van der Waals surface area contributed by atoms with E-state index in [1.165, 1.54) is 0 Å². The molecular formula is C17H17F4IN4O. The van der Waals surface area contributed by atoms with Crippen molar-refractivity contribution in [2.75, 3.05) is 11.9 Å². The molecule has 1 saturated carbocycles. The molecule has 3 rings (SSSR count). The second kappa shape index (κ2) is 7.30. The lowest BCUT2D eigenvalue weighted by Crippen LogP contribution is -2.43. The van der Waals surface area contributed by atoms with Crippen LogP contribution in [0.15, 0.2) is 42.4 Å². The van der Waals surface area contributed by atoms with Crippen molar-refractivity contribution in [2.45, 2.75) is 31.5 Å². The normalized spacial score (nSPS) is 18.5. The lowest BCUT2D eigenvalue weighted by Gasteiger charge is -2.17. The number of carbonyl (C=O) groups excluding carboxylic acids is 1. The van der Waals surface area contributed by atoms with Crippen LogP contribution >= 0.6 is 21.0 Å². The number of nitrogens with zero attached hydrogens (tertiary/aromatic N) is 1. The average Bonchev–Trinajstić information content (AvgIpc) is 3.33. The number of hydrogen-bond acceptors (Lipinski definition) is 4. The highest BCUT2D eigenvalue weighted by Gasteiger charge is 2.45. The Kier molecular flexibility index (Phi) is 5.39. The van der Waals surface area contributed by atoms with Crippen molar-refractivity contribution in [3.63, 3.8) is 0 Å². The van der Waals surface area contributed by atoms with E-state index in [9.17, 15) is 22.4 Å². The Morgan fingerprint density at radius 2 is 2.07 bits per heavy atom. The maximum atomic E-state index is 13.2. The maximum Gasteiger partial charge on any atom is 0.418 e. The number of nitrogens with two attached hydrogens (primary N) is 1. The van der Waals surface area contributed by atoms with Crippen LogP contribution in [0.1, 0.15) is 25.3 Å². The molecule has 1 aromatic carbocycles. The van der Waals surface area contributed by atoms with E-state index in [0.717, 1.165) is 17.7 Å². The second-order valence-electron chi connectivity index (χ2n) is 6.44. The van der Waals surface area contributed by atoms with Crippen LogP contribution < -0.4 is 16.4 Å². The Labute approximate surface area is 163 Å². The summed E-state index contributed by atoms with van der Waals surface area (Å²) in [6.07, 6.45) is -1.64. The van der Waals surface area contributed by atoms with Gasteiger partial charge in [-0.2, -0.15) is 13.2 Å². The third-order valence-electron chi connectivity index (χ3n) is 4.23. The molecule has 0 aromatic heterocycles. The van der Waals surface area contributed by atoms with E-state index >= 15 is 0 Å². The molecule has 1 aliphatic carbocycles. The van der Waals surface area contributed by atoms with Gasteiger partial charge >= 0.3 is 6.18 Å². The molecule has 0 radical (unpaired) electrons. The zero-order chi connectivity index (χ0) is 19.8. The minimum absolute atomic E-state index is 0.214. The van der Waals surface area contributed by atoms with E-state index in [1.54, 1.807) is 13.0 Å². The van der Waals surface area contributed by atoms with Crippen LogP contribution in [0.25, 0.3) is 0 Å². The number of benzene rings is 1. The molecule has 1 fully saturated rings. The molecule has 5 nitrogen and oxygen atoms in total. The third kappa shape index (κ3) is 4.72. The van der Waals surface area contributed by atoms with Crippen molar-refractivity contribution < 1.29 is 22.4 Å². The zero-order valence-corrected chi connectivity index (χ0v) is 16.4. The van der Waals surface area contributed by atoms with Gasteiger partial charge in [0.2, 0.25) is 5.91 Å². The van der Waals surface area contributed by atoms with E-state index in [1.807, 2.05) is 0 Å². The number of halogens is 5. The van der Waals surface area contributed by atoms with Crippen LogP contribution in [0.4, 0.5) is 23.2 Å². The van der Waals surface area contributed by atoms with E-state index < -0.39 is 44.1 Å². The van der Waals surface area contributed by atoms with E-state index in [2.05, 4.69) is 13.8 Å². The largest absolute Gasteiger partial charge is 0.418 e. The van der Waals surface area contributed by atoms with Gasteiger partial charge < -0.3 is 16.4 Å². The number of allylic oxidation sites excluding steroid dienone is 2. The molecule has 4 N–H and O–H groups in total. The SMILES string of the molecule is CC1=C(CNC(=O)C2(N)CC2)N=IC(Nc2ccc(F)cc2C(F)(F)F)=C1. The molecule has 1 aliphatic heterocycles. The van der Waals surface area contributed by atoms with Crippen LogP contribution in [-0.4, -0.2) is 18.0 Å². The number of amides is 1. The molecule has 10 heteroatoms. The predicted molar refractivity (Wildman–Crippen MR) is 101 cm³/mol. The fourth-order valence-corrected chi connectivity index (χ4v) is 4.50. The summed E-state index contributed by atoms with van der Waals surface area (Å²) >= 11 is -0.974. The summed E-state index contributed by atoms with van der Waals surface area (Å²) in [7, 11) is 0. The predicted octanol–water partition coefficient (Wildman–Crippen LogP) is 4.15. The summed E-state index contributed by atoms with van der Waals surface area (Å²) < 4.78 is 57.5. The minimum Gasteiger partial charge on any atom is -0.349 e. The van der Waals surface area contributed by atoms with Crippen molar-refractivity contribution in [3.8, 4) is 0 Å². The van der Waals surface area contributed by atoms with E-state index in [4.69, 9.17) is 5.73 Å². The molecule has 2 aliphatic rings. The number of hydrogen-bond donors (Lipinski definition) is 3. The summed E-state index contributed by atoms with van der Waals surface area (Å²) in [5.41, 5.74) is 5.19. The molecule has 0 saturated heterocycles. The van der Waals surface area contributed by atoms with Crippen molar-refractivity contribution in [3.05, 3.63) is 50.6 Å². The number of anilines is 1. The topological polar surface area (TPSA) is 79.5 Å². The van der Waals surface area contributed by atoms with Gasteiger partial charge in [0.1, 0.15) is 5.82 Å². The summed E-state index contributed by atoms with van der Waals surface area (Å²) in [6.45, 7) is 2.00. The lowest BCUT2D eigenvalue weighted by atomic mass is 10.1. The highest BCUT2D eigenvalue weighted by molar-refractivity contribution is 14.2. The fraction of sp³-hybridized carbons (Fsp3) is 0.353. The quantitative estimate of drug-likeness (QED) is 0.326. The first-order valence-electron chi connectivity index (χ1n) is 8.06. The molecule has 1 aromatic rings. The standard InChI is InChI=1S/C17H17F4IN4O/c1-9-6-14(22-26-13(9)8-24-15(27)16(23)4-5-16)25-12-3-2-10(18)7-11(12)17(19,20)21/h2-3,6-7,25H,4-5,8,23H2,1H3,(H,24,27). The Morgan fingerprint density at radius 3 is 2.67 bits per heavy atom. The molecule has 0 unspecified atom stereocenters. The van der Waals surface area contributed by atoms with Crippen molar-refractivity contribution >= 4 is 32.6 Å². The highest BCUT2D eigenvalue weighted by Crippen LogP contribution is 2.38. The van der Waals surface area contributed by atoms with Gasteiger partial charge in [-0.3, -0.25) is 4.79 Å². The van der Waals surface area contributed by atoms with Crippen LogP contribution in [-0.2, 0) is 11.0 Å². The Bertz CT molecular complexity index is 872. The molecule has 0 atom stereocenters. The summed E-state index contributed by atoms with van der Waals surface area (Å²) in [5, 5.41) is 5.47. The average molecular weight is 496 g/mol. The molecular weight excluding hydrogens is 479 g/mol. The number of carbonyl (C=O) groups is 1. The Morgan fingerprint density at radius 1 is 1.37 bits per heavy atom. The second-order valence-corrected chi connectivity index (χ2v) is 8.57. The van der Waals surface area contributed by atoms with Crippen LogP contribution in [0.5, 0.6) is 0 Å². The van der Waals surface area contributed by atoms with E-state index in [0.29, 0.717) is 28.3 Å². The minimum atomic E-state index is -4.67. The summed E-state index contributed by atoms with van der Waals surface area (Å²) in [5.74, 6) is -1.17. The monoisotopic (exact) mass is 496 g/mol. The summed E-state index contributed by atoms with van der Waals surface area (Å²) in [6, 6.07) is 2.50. The van der Waals surface area contributed by atoms with E-state index in [-0.39, 0.29) is 18.1 Å². The Hall–Kier alpha value is -1.82. The zero-order valence-electron chi connectivity index (χ0n) is 14.3. The first kappa shape index (κ1) is 19.9. The van der Waals surface area contributed by atoms with Crippen LogP contribution in [0, 0.1) is 5.82 Å². The summed E-state index contributed by atoms with van der Waals surface area (Å²) in [4.78, 5) is 11.9. The van der Waals surface area contributed by atoms with Gasteiger partial charge in [-0.05, 0) is 49.6 Å². The van der Waals surface area contributed by atoms with Crippen LogP contribution in [0.3, 0.4) is 0 Å². The van der Waals surface area contributed by atoms with Crippen molar-refractivity contribution in [1.29, 1.82) is 0 Å². The van der Waals surface area contributed by atoms with Gasteiger partial charge in [-0.25, -0.2) is 7.54 Å². The molecule has 146 valence electrons. The lowest BCUT2D eigenvalue weighted by molar-refractivity contribution is -0.137. The smallest absolute Gasteiger partial charge is 0.349 e. The molecule has 0 spiro atoms. The molecule has 1 amide bonds. The highest BCUT2D eigenvalue weighted by atomic mass is 127. The van der Waals surface area contributed by atoms with Gasteiger partial charge in [0.05, 0.1) is 53.8 Å². The first-order valence-corrected chi connectivity index (χ1v) is 10.1. The van der Waals surface area contributed by atoms with Crippen LogP contribution in [0.2, 0.25) is 0 Å². The number of alkyl halides is 3. The third-order valence-corrected chi connectivity index (χ3v) is 6.16. The van der Waals surface area contributed by atoms with Gasteiger partial charge in [0, 0.05) is 0 Å². The van der Waals surface area contributed by atoms with Gasteiger partial charge in [-0.1, -0.05) is 0 Å². The van der Waals surface area contributed by atoms with Gasteiger partial charge in [-0.15, -0.1) is 0 Å². The van der Waals surface area contributed by atoms with Crippen molar-refractivity contribution in [1.82, 2.24) is 5.32 Å².